The lowest BCUT2D eigenvalue weighted by atomic mass is 9.93. The zero-order valence-electron chi connectivity index (χ0n) is 11.4. The second-order valence-corrected chi connectivity index (χ2v) is 6.39. The summed E-state index contributed by atoms with van der Waals surface area (Å²) in [5.74, 6) is 0.170. The Balaban J connectivity index is 1.61. The number of rotatable bonds is 4. The van der Waals surface area contributed by atoms with E-state index in [1.807, 2.05) is 0 Å². The summed E-state index contributed by atoms with van der Waals surface area (Å²) in [6.07, 6.45) is 5.53. The second-order valence-electron chi connectivity index (χ2n) is 5.39. The van der Waals surface area contributed by atoms with Gasteiger partial charge in [0.05, 0.1) is 12.6 Å². The first-order valence-corrected chi connectivity index (χ1v) is 7.95. The van der Waals surface area contributed by atoms with E-state index in [0.717, 1.165) is 24.6 Å². The molecule has 0 radical (unpaired) electrons. The van der Waals surface area contributed by atoms with Gasteiger partial charge in [0.25, 0.3) is 5.91 Å². The topological polar surface area (TPSA) is 89.3 Å². The van der Waals surface area contributed by atoms with Gasteiger partial charge in [-0.1, -0.05) is 11.3 Å². The fraction of sp³-hybridized carbons (Fsp3) is 0.692. The molecule has 1 aliphatic heterocycles. The van der Waals surface area contributed by atoms with Gasteiger partial charge in [-0.2, -0.15) is 0 Å². The molecule has 20 heavy (non-hydrogen) atoms. The zero-order chi connectivity index (χ0) is 13.9. The van der Waals surface area contributed by atoms with Crippen molar-refractivity contribution in [3.05, 3.63) is 4.88 Å². The van der Waals surface area contributed by atoms with Gasteiger partial charge in [-0.05, 0) is 32.1 Å². The van der Waals surface area contributed by atoms with E-state index in [-0.39, 0.29) is 11.9 Å². The molecule has 3 rings (SSSR count). The maximum Gasteiger partial charge on any atom is 0.265 e. The van der Waals surface area contributed by atoms with Crippen molar-refractivity contribution >= 4 is 28.2 Å². The number of thiazole rings is 1. The minimum absolute atomic E-state index is 0.0841. The molecule has 1 aliphatic carbocycles. The summed E-state index contributed by atoms with van der Waals surface area (Å²) in [6.45, 7) is 1.36. The van der Waals surface area contributed by atoms with Gasteiger partial charge in [-0.3, -0.25) is 4.79 Å². The molecule has 0 bridgehead atoms. The highest BCUT2D eigenvalue weighted by atomic mass is 32.1. The number of nitrogens with one attached hydrogen (secondary N) is 2. The molecular formula is C13H20N4O2S. The molecule has 2 fully saturated rings. The van der Waals surface area contributed by atoms with E-state index in [1.165, 1.54) is 30.6 Å². The number of ether oxygens (including phenoxy) is 1. The van der Waals surface area contributed by atoms with Crippen LogP contribution in [-0.4, -0.2) is 36.2 Å². The molecule has 2 aliphatic rings. The molecule has 1 saturated heterocycles. The van der Waals surface area contributed by atoms with Gasteiger partial charge in [0, 0.05) is 12.6 Å². The van der Waals surface area contributed by atoms with Gasteiger partial charge in [0.1, 0.15) is 10.7 Å². The molecule has 1 atom stereocenters. The Hall–Kier alpha value is -1.34. The number of aromatic nitrogens is 1. The van der Waals surface area contributed by atoms with Gasteiger partial charge in [0.2, 0.25) is 0 Å². The maximum absolute atomic E-state index is 12.2. The van der Waals surface area contributed by atoms with Gasteiger partial charge in [-0.25, -0.2) is 4.98 Å². The number of carbonyl (C=O) groups excluding carboxylic acids is 1. The van der Waals surface area contributed by atoms with Crippen molar-refractivity contribution in [1.29, 1.82) is 0 Å². The number of carbonyl (C=O) groups is 1. The maximum atomic E-state index is 12.2. The second kappa shape index (κ2) is 5.97. The number of amides is 1. The summed E-state index contributed by atoms with van der Waals surface area (Å²) in [6, 6.07) is 0.573. The summed E-state index contributed by atoms with van der Waals surface area (Å²) in [7, 11) is 0. The van der Waals surface area contributed by atoms with E-state index in [4.69, 9.17) is 10.5 Å². The van der Waals surface area contributed by atoms with Crippen LogP contribution in [0.5, 0.6) is 0 Å². The predicted octanol–water partition coefficient (Wildman–Crippen LogP) is 1.60. The standard InChI is InChI=1S/C13H20N4O2S/c14-11-10(12(18)15-9-5-2-6-19-7-9)20-13(17-11)16-8-3-1-4-8/h8-9H,1-7,14H2,(H,15,18)(H,16,17). The van der Waals surface area contributed by atoms with Gasteiger partial charge in [-0.15, -0.1) is 0 Å². The third kappa shape index (κ3) is 3.04. The van der Waals surface area contributed by atoms with Gasteiger partial charge >= 0.3 is 0 Å². The molecule has 1 saturated carbocycles. The lowest BCUT2D eigenvalue weighted by molar-refractivity contribution is 0.0626. The molecule has 0 aromatic carbocycles. The van der Waals surface area contributed by atoms with Crippen LogP contribution in [0.3, 0.4) is 0 Å². The van der Waals surface area contributed by atoms with Crippen molar-refractivity contribution in [3.8, 4) is 0 Å². The SMILES string of the molecule is Nc1nc(NC2CCC2)sc1C(=O)NC1CCCOC1. The molecule has 1 unspecified atom stereocenters. The van der Waals surface area contributed by atoms with Gasteiger partial charge < -0.3 is 21.1 Å². The van der Waals surface area contributed by atoms with Crippen molar-refractivity contribution in [1.82, 2.24) is 10.3 Å². The Morgan fingerprint density at radius 2 is 2.10 bits per heavy atom. The Bertz CT molecular complexity index is 481. The fourth-order valence-electron chi connectivity index (χ4n) is 2.39. The molecule has 7 heteroatoms. The van der Waals surface area contributed by atoms with Crippen LogP contribution in [0.1, 0.15) is 41.8 Å². The van der Waals surface area contributed by atoms with Crippen LogP contribution in [0.15, 0.2) is 0 Å². The molecule has 4 N–H and O–H groups in total. The van der Waals surface area contributed by atoms with E-state index in [1.54, 1.807) is 0 Å². The number of hydrogen-bond acceptors (Lipinski definition) is 6. The van der Waals surface area contributed by atoms with Crippen molar-refractivity contribution in [2.24, 2.45) is 0 Å². The highest BCUT2D eigenvalue weighted by Gasteiger charge is 2.23. The van der Waals surface area contributed by atoms with Crippen LogP contribution in [0.25, 0.3) is 0 Å². The fourth-order valence-corrected chi connectivity index (χ4v) is 3.25. The quantitative estimate of drug-likeness (QED) is 0.785. The monoisotopic (exact) mass is 296 g/mol. The lowest BCUT2D eigenvalue weighted by Gasteiger charge is -2.25. The van der Waals surface area contributed by atoms with E-state index in [0.29, 0.717) is 23.3 Å². The largest absolute Gasteiger partial charge is 0.382 e. The van der Waals surface area contributed by atoms with E-state index < -0.39 is 0 Å². The minimum Gasteiger partial charge on any atom is -0.382 e. The third-order valence-electron chi connectivity index (χ3n) is 3.79. The van der Waals surface area contributed by atoms with E-state index in [2.05, 4.69) is 15.6 Å². The summed E-state index contributed by atoms with van der Waals surface area (Å²) < 4.78 is 5.36. The smallest absolute Gasteiger partial charge is 0.265 e. The molecule has 0 spiro atoms. The summed E-state index contributed by atoms with van der Waals surface area (Å²) in [4.78, 5) is 16.9. The lowest BCUT2D eigenvalue weighted by Crippen LogP contribution is -2.40. The Morgan fingerprint density at radius 1 is 1.30 bits per heavy atom. The van der Waals surface area contributed by atoms with E-state index >= 15 is 0 Å². The van der Waals surface area contributed by atoms with Crippen LogP contribution in [-0.2, 0) is 4.74 Å². The molecular weight excluding hydrogens is 276 g/mol. The first-order valence-electron chi connectivity index (χ1n) is 7.14. The van der Waals surface area contributed by atoms with E-state index in [9.17, 15) is 4.79 Å². The highest BCUT2D eigenvalue weighted by molar-refractivity contribution is 7.18. The molecule has 1 aromatic rings. The molecule has 2 heterocycles. The molecule has 1 aromatic heterocycles. The average Bonchev–Trinajstić information content (AvgIpc) is 2.76. The minimum atomic E-state index is -0.142. The molecule has 1 amide bonds. The Kier molecular flexibility index (Phi) is 4.07. The van der Waals surface area contributed by atoms with Crippen LogP contribution < -0.4 is 16.4 Å². The first kappa shape index (κ1) is 13.6. The van der Waals surface area contributed by atoms with Crippen molar-refractivity contribution in [2.75, 3.05) is 24.3 Å². The molecule has 6 nitrogen and oxygen atoms in total. The summed E-state index contributed by atoms with van der Waals surface area (Å²) in [5.41, 5.74) is 5.85. The van der Waals surface area contributed by atoms with Crippen molar-refractivity contribution in [3.63, 3.8) is 0 Å². The average molecular weight is 296 g/mol. The van der Waals surface area contributed by atoms with Crippen LogP contribution in [0, 0.1) is 0 Å². The zero-order valence-corrected chi connectivity index (χ0v) is 12.2. The molecule has 110 valence electrons. The number of hydrogen-bond donors (Lipinski definition) is 3. The van der Waals surface area contributed by atoms with Crippen LogP contribution in [0.2, 0.25) is 0 Å². The van der Waals surface area contributed by atoms with Gasteiger partial charge in [0.15, 0.2) is 5.13 Å². The van der Waals surface area contributed by atoms with Crippen molar-refractivity contribution in [2.45, 2.75) is 44.2 Å². The van der Waals surface area contributed by atoms with Crippen LogP contribution >= 0.6 is 11.3 Å². The number of nitrogens with zero attached hydrogens (tertiary/aromatic N) is 1. The highest BCUT2D eigenvalue weighted by Crippen LogP contribution is 2.29. The van der Waals surface area contributed by atoms with Crippen molar-refractivity contribution < 1.29 is 9.53 Å². The first-order chi connectivity index (χ1) is 9.72. The summed E-state index contributed by atoms with van der Waals surface area (Å²) >= 11 is 1.33. The Morgan fingerprint density at radius 3 is 2.75 bits per heavy atom. The van der Waals surface area contributed by atoms with Crippen LogP contribution in [0.4, 0.5) is 10.9 Å². The normalized spacial score (nSPS) is 23.1. The number of anilines is 2. The Labute approximate surface area is 122 Å². The number of nitrogen functional groups attached to an aromatic ring is 1. The summed E-state index contributed by atoms with van der Waals surface area (Å²) in [5, 5.41) is 7.04. The number of nitrogens with two attached hydrogens (primary N) is 1. The predicted molar refractivity (Wildman–Crippen MR) is 79.1 cm³/mol. The third-order valence-corrected chi connectivity index (χ3v) is 4.79.